The molecule has 0 atom stereocenters. The summed E-state index contributed by atoms with van der Waals surface area (Å²) >= 11 is 0. The van der Waals surface area contributed by atoms with Crippen LogP contribution in [0.3, 0.4) is 0 Å². The summed E-state index contributed by atoms with van der Waals surface area (Å²) in [7, 11) is 0. The van der Waals surface area contributed by atoms with Crippen LogP contribution in [0.1, 0.15) is 51.4 Å². The van der Waals surface area contributed by atoms with Crippen LogP contribution in [-0.2, 0) is 0 Å². The number of hydrogen-bond donors (Lipinski definition) is 1. The summed E-state index contributed by atoms with van der Waals surface area (Å²) in [6.45, 7) is 3.63. The van der Waals surface area contributed by atoms with E-state index in [0.29, 0.717) is 0 Å². The van der Waals surface area contributed by atoms with Crippen LogP contribution in [0.25, 0.3) is 0 Å². The Bertz CT molecular complexity index is 389. The van der Waals surface area contributed by atoms with Crippen molar-refractivity contribution in [1.82, 2.24) is 5.32 Å². The minimum absolute atomic E-state index is 0.744. The molecule has 0 unspecified atom stereocenters. The zero-order chi connectivity index (χ0) is 14.3. The highest BCUT2D eigenvalue weighted by molar-refractivity contribution is 5.46. The molecule has 21 heavy (non-hydrogen) atoms. The van der Waals surface area contributed by atoms with Gasteiger partial charge in [-0.05, 0) is 50.3 Å². The second-order valence-electron chi connectivity index (χ2n) is 6.84. The number of benzene rings is 1. The van der Waals surface area contributed by atoms with Gasteiger partial charge in [0.2, 0.25) is 0 Å². The maximum absolute atomic E-state index is 3.79. The minimum Gasteiger partial charge on any atom is -0.371 e. The van der Waals surface area contributed by atoms with Gasteiger partial charge in [0.15, 0.2) is 0 Å². The van der Waals surface area contributed by atoms with Crippen LogP contribution in [-0.4, -0.2) is 25.7 Å². The normalized spacial score (nSPS) is 21.0. The first kappa shape index (κ1) is 14.9. The summed E-state index contributed by atoms with van der Waals surface area (Å²) in [6.07, 6.45) is 11.4. The van der Waals surface area contributed by atoms with Crippen LogP contribution in [0.5, 0.6) is 0 Å². The highest BCUT2D eigenvalue weighted by Crippen LogP contribution is 2.28. The van der Waals surface area contributed by atoms with E-state index in [1.54, 1.807) is 0 Å². The quantitative estimate of drug-likeness (QED) is 0.788. The van der Waals surface area contributed by atoms with Gasteiger partial charge in [-0.25, -0.2) is 0 Å². The van der Waals surface area contributed by atoms with E-state index in [1.807, 2.05) is 0 Å². The molecular formula is C19H30N2. The van der Waals surface area contributed by atoms with Gasteiger partial charge in [0, 0.05) is 24.8 Å². The Kier molecular flexibility index (Phi) is 5.56. The third-order valence-electron chi connectivity index (χ3n) is 5.31. The summed E-state index contributed by atoms with van der Waals surface area (Å²) in [4.78, 5) is 2.52. The first-order chi connectivity index (χ1) is 10.4. The molecule has 0 radical (unpaired) electrons. The molecule has 2 aliphatic rings. The molecule has 116 valence electrons. The molecule has 1 aliphatic carbocycles. The Hall–Kier alpha value is -1.02. The third kappa shape index (κ3) is 4.47. The van der Waals surface area contributed by atoms with Crippen LogP contribution < -0.4 is 10.2 Å². The lowest BCUT2D eigenvalue weighted by molar-refractivity contribution is 0.395. The number of piperidine rings is 1. The van der Waals surface area contributed by atoms with E-state index in [1.165, 1.54) is 76.7 Å². The zero-order valence-electron chi connectivity index (χ0n) is 13.3. The fourth-order valence-electron chi connectivity index (χ4n) is 3.98. The molecule has 0 spiro atoms. The van der Waals surface area contributed by atoms with E-state index < -0.39 is 0 Å². The Morgan fingerprint density at radius 3 is 2.38 bits per heavy atom. The van der Waals surface area contributed by atoms with E-state index in [-0.39, 0.29) is 0 Å². The van der Waals surface area contributed by atoms with E-state index in [0.717, 1.165) is 12.0 Å². The summed E-state index contributed by atoms with van der Waals surface area (Å²) in [6, 6.07) is 11.6. The van der Waals surface area contributed by atoms with Crippen LogP contribution in [0.4, 0.5) is 5.69 Å². The largest absolute Gasteiger partial charge is 0.371 e. The second-order valence-corrected chi connectivity index (χ2v) is 6.84. The molecule has 1 aromatic carbocycles. The molecule has 1 saturated heterocycles. The number of anilines is 1. The molecule has 0 aromatic heterocycles. The number of para-hydroxylation sites is 1. The number of nitrogens with zero attached hydrogens (tertiary/aromatic N) is 1. The molecule has 0 bridgehead atoms. The molecule has 2 heteroatoms. The SMILES string of the molecule is c1ccc(N2CCC(NCCCC3CCCC3)CC2)cc1. The second kappa shape index (κ2) is 7.84. The molecule has 3 rings (SSSR count). The van der Waals surface area contributed by atoms with Gasteiger partial charge in [-0.2, -0.15) is 0 Å². The van der Waals surface area contributed by atoms with Crippen molar-refractivity contribution in [1.29, 1.82) is 0 Å². The van der Waals surface area contributed by atoms with Gasteiger partial charge in [-0.1, -0.05) is 43.9 Å². The average molecular weight is 286 g/mol. The summed E-state index contributed by atoms with van der Waals surface area (Å²) in [5, 5.41) is 3.79. The number of hydrogen-bond acceptors (Lipinski definition) is 2. The standard InChI is InChI=1S/C19H30N2/c1-2-10-19(11-3-1)21-15-12-18(13-16-21)20-14-6-9-17-7-4-5-8-17/h1-3,10-11,17-18,20H,4-9,12-16H2. The van der Waals surface area contributed by atoms with Crippen molar-refractivity contribution >= 4 is 5.69 Å². The fourth-order valence-corrected chi connectivity index (χ4v) is 3.98. The molecule has 1 aliphatic heterocycles. The van der Waals surface area contributed by atoms with E-state index in [9.17, 15) is 0 Å². The Morgan fingerprint density at radius 2 is 1.67 bits per heavy atom. The van der Waals surface area contributed by atoms with Crippen molar-refractivity contribution in [2.24, 2.45) is 5.92 Å². The average Bonchev–Trinajstić information content (AvgIpc) is 3.06. The van der Waals surface area contributed by atoms with Gasteiger partial charge in [-0.3, -0.25) is 0 Å². The Labute approximate surface area is 129 Å². The summed E-state index contributed by atoms with van der Waals surface area (Å²) < 4.78 is 0. The predicted molar refractivity (Wildman–Crippen MR) is 90.9 cm³/mol. The molecule has 1 heterocycles. The first-order valence-electron chi connectivity index (χ1n) is 8.95. The lowest BCUT2D eigenvalue weighted by atomic mass is 10.0. The molecule has 2 fully saturated rings. The van der Waals surface area contributed by atoms with Gasteiger partial charge < -0.3 is 10.2 Å². The smallest absolute Gasteiger partial charge is 0.0366 e. The number of nitrogens with one attached hydrogen (secondary N) is 1. The van der Waals surface area contributed by atoms with Crippen molar-refractivity contribution in [2.45, 2.75) is 57.4 Å². The fraction of sp³-hybridized carbons (Fsp3) is 0.684. The Morgan fingerprint density at radius 1 is 0.952 bits per heavy atom. The van der Waals surface area contributed by atoms with E-state index >= 15 is 0 Å². The van der Waals surface area contributed by atoms with Crippen LogP contribution in [0.15, 0.2) is 30.3 Å². The van der Waals surface area contributed by atoms with Crippen molar-refractivity contribution < 1.29 is 0 Å². The van der Waals surface area contributed by atoms with Gasteiger partial charge >= 0.3 is 0 Å². The van der Waals surface area contributed by atoms with Crippen LogP contribution in [0.2, 0.25) is 0 Å². The van der Waals surface area contributed by atoms with Gasteiger partial charge in [0.1, 0.15) is 0 Å². The van der Waals surface area contributed by atoms with Crippen molar-refractivity contribution in [3.63, 3.8) is 0 Å². The maximum Gasteiger partial charge on any atom is 0.0366 e. The minimum atomic E-state index is 0.744. The monoisotopic (exact) mass is 286 g/mol. The van der Waals surface area contributed by atoms with Gasteiger partial charge in [-0.15, -0.1) is 0 Å². The van der Waals surface area contributed by atoms with Gasteiger partial charge in [0.25, 0.3) is 0 Å². The van der Waals surface area contributed by atoms with Gasteiger partial charge in [0.05, 0.1) is 0 Å². The molecule has 1 aromatic rings. The summed E-state index contributed by atoms with van der Waals surface area (Å²) in [5.74, 6) is 1.05. The van der Waals surface area contributed by atoms with E-state index in [2.05, 4.69) is 40.5 Å². The summed E-state index contributed by atoms with van der Waals surface area (Å²) in [5.41, 5.74) is 1.39. The maximum atomic E-state index is 3.79. The predicted octanol–water partition coefficient (Wildman–Crippen LogP) is 4.22. The Balaban J connectivity index is 1.30. The molecule has 0 amide bonds. The van der Waals surface area contributed by atoms with Crippen molar-refractivity contribution in [2.75, 3.05) is 24.5 Å². The topological polar surface area (TPSA) is 15.3 Å². The van der Waals surface area contributed by atoms with Crippen molar-refractivity contribution in [3.05, 3.63) is 30.3 Å². The van der Waals surface area contributed by atoms with Crippen LogP contribution in [0, 0.1) is 5.92 Å². The number of rotatable bonds is 6. The molecule has 1 N–H and O–H groups in total. The van der Waals surface area contributed by atoms with E-state index in [4.69, 9.17) is 0 Å². The molecule has 2 nitrogen and oxygen atoms in total. The third-order valence-corrected chi connectivity index (χ3v) is 5.31. The highest BCUT2D eigenvalue weighted by Gasteiger charge is 2.19. The lowest BCUT2D eigenvalue weighted by Gasteiger charge is -2.34. The lowest BCUT2D eigenvalue weighted by Crippen LogP contribution is -2.42. The first-order valence-corrected chi connectivity index (χ1v) is 8.95. The van der Waals surface area contributed by atoms with Crippen molar-refractivity contribution in [3.8, 4) is 0 Å². The molecular weight excluding hydrogens is 256 g/mol. The zero-order valence-corrected chi connectivity index (χ0v) is 13.3. The highest BCUT2D eigenvalue weighted by atomic mass is 15.1. The van der Waals surface area contributed by atoms with Crippen LogP contribution >= 0.6 is 0 Å². The molecule has 1 saturated carbocycles.